The maximum Gasteiger partial charge on any atom is 0.227 e. The van der Waals surface area contributed by atoms with E-state index < -0.39 is 9.84 Å². The van der Waals surface area contributed by atoms with Gasteiger partial charge in [-0.1, -0.05) is 0 Å². The Morgan fingerprint density at radius 3 is 2.60 bits per heavy atom. The molecule has 6 nitrogen and oxygen atoms in total. The number of hydrogen-bond acceptors (Lipinski definition) is 6. The lowest BCUT2D eigenvalue weighted by atomic mass is 10.2. The largest absolute Gasteiger partial charge is 0.340 e. The van der Waals surface area contributed by atoms with Crippen molar-refractivity contribution in [3.63, 3.8) is 0 Å². The fourth-order valence-electron chi connectivity index (χ4n) is 3.01. The smallest absolute Gasteiger partial charge is 0.227 e. The van der Waals surface area contributed by atoms with Crippen LogP contribution >= 0.6 is 0 Å². The normalized spacial score (nSPS) is 18.9. The molecule has 0 radical (unpaired) electrons. The first-order valence-electron chi connectivity index (χ1n) is 8.21. The molecule has 25 heavy (non-hydrogen) atoms. The van der Waals surface area contributed by atoms with Gasteiger partial charge in [0, 0.05) is 30.0 Å². The topological polar surface area (TPSA) is 75.2 Å². The molecule has 1 aromatic heterocycles. The Hall–Kier alpha value is -2.22. The molecule has 1 aliphatic heterocycles. The van der Waals surface area contributed by atoms with Crippen LogP contribution in [0.15, 0.2) is 30.3 Å². The van der Waals surface area contributed by atoms with Gasteiger partial charge in [-0.05, 0) is 44.5 Å². The Morgan fingerprint density at radius 2 is 2.00 bits per heavy atom. The Bertz CT molecular complexity index is 855. The highest BCUT2D eigenvalue weighted by atomic mass is 32.2. The molecule has 3 rings (SSSR count). The number of hydrogen-bond donors (Lipinski definition) is 1. The van der Waals surface area contributed by atoms with E-state index in [0.29, 0.717) is 24.7 Å². The number of benzene rings is 1. The van der Waals surface area contributed by atoms with Gasteiger partial charge in [-0.15, -0.1) is 0 Å². The molecular weight excluding hydrogens is 343 g/mol. The van der Waals surface area contributed by atoms with Gasteiger partial charge in [0.05, 0.1) is 11.5 Å². The number of halogens is 1. The van der Waals surface area contributed by atoms with E-state index >= 15 is 0 Å². The summed E-state index contributed by atoms with van der Waals surface area (Å²) in [5, 5.41) is 3.14. The molecule has 0 aliphatic carbocycles. The van der Waals surface area contributed by atoms with E-state index in [9.17, 15) is 12.8 Å². The average Bonchev–Trinajstić information content (AvgIpc) is 2.90. The summed E-state index contributed by atoms with van der Waals surface area (Å²) in [7, 11) is -2.98. The molecule has 1 saturated heterocycles. The van der Waals surface area contributed by atoms with Crippen LogP contribution < -0.4 is 10.2 Å². The van der Waals surface area contributed by atoms with Crippen molar-refractivity contribution in [2.75, 3.05) is 28.3 Å². The number of rotatable bonds is 5. The van der Waals surface area contributed by atoms with Crippen LogP contribution in [0.5, 0.6) is 0 Å². The molecule has 0 saturated carbocycles. The molecule has 1 fully saturated rings. The van der Waals surface area contributed by atoms with E-state index in [0.717, 1.165) is 11.4 Å². The second kappa shape index (κ2) is 6.95. The van der Waals surface area contributed by atoms with Crippen LogP contribution in [-0.2, 0) is 9.84 Å². The van der Waals surface area contributed by atoms with Crippen LogP contribution in [-0.4, -0.2) is 42.5 Å². The van der Waals surface area contributed by atoms with E-state index in [-0.39, 0.29) is 23.4 Å². The van der Waals surface area contributed by atoms with E-state index in [4.69, 9.17) is 0 Å². The van der Waals surface area contributed by atoms with Crippen molar-refractivity contribution in [3.05, 3.63) is 41.8 Å². The van der Waals surface area contributed by atoms with Crippen molar-refractivity contribution in [1.29, 1.82) is 0 Å². The summed E-state index contributed by atoms with van der Waals surface area (Å²) in [6, 6.07) is 7.71. The van der Waals surface area contributed by atoms with E-state index in [1.165, 1.54) is 12.1 Å². The lowest BCUT2D eigenvalue weighted by molar-refractivity contribution is 0.599. The molecule has 1 N–H and O–H groups in total. The minimum atomic E-state index is -2.98. The maximum absolute atomic E-state index is 13.0. The second-order valence-corrected chi connectivity index (χ2v) is 8.40. The predicted octanol–water partition coefficient (Wildman–Crippen LogP) is 2.68. The molecule has 0 spiro atoms. The van der Waals surface area contributed by atoms with E-state index in [1.54, 1.807) is 18.2 Å². The standard InChI is InChI=1S/C17H21FN4O2S/c1-3-22(15-8-9-25(23,24)11-15)17-19-12(2)10-16(21-17)20-14-6-4-13(18)5-7-14/h4-7,10,15H,3,8-9,11H2,1-2H3,(H,19,20,21). The maximum atomic E-state index is 13.0. The molecule has 2 aromatic rings. The quantitative estimate of drug-likeness (QED) is 0.879. The highest BCUT2D eigenvalue weighted by molar-refractivity contribution is 7.91. The zero-order valence-electron chi connectivity index (χ0n) is 14.2. The van der Waals surface area contributed by atoms with Gasteiger partial charge < -0.3 is 10.2 Å². The highest BCUT2D eigenvalue weighted by Crippen LogP contribution is 2.24. The molecule has 8 heteroatoms. The van der Waals surface area contributed by atoms with Crippen molar-refractivity contribution in [2.24, 2.45) is 0 Å². The molecule has 0 bridgehead atoms. The molecule has 1 aromatic carbocycles. The molecule has 2 heterocycles. The summed E-state index contributed by atoms with van der Waals surface area (Å²) in [5.41, 5.74) is 1.49. The number of nitrogens with one attached hydrogen (secondary N) is 1. The monoisotopic (exact) mass is 364 g/mol. The lowest BCUT2D eigenvalue weighted by Crippen LogP contribution is -2.37. The Kier molecular flexibility index (Phi) is 4.89. The zero-order valence-corrected chi connectivity index (χ0v) is 15.1. The third-order valence-electron chi connectivity index (χ3n) is 4.21. The zero-order chi connectivity index (χ0) is 18.0. The summed E-state index contributed by atoms with van der Waals surface area (Å²) in [5.74, 6) is 1.15. The van der Waals surface area contributed by atoms with Crippen molar-refractivity contribution >= 4 is 27.3 Å². The van der Waals surface area contributed by atoms with Gasteiger partial charge in [-0.2, -0.15) is 4.98 Å². The number of sulfone groups is 1. The van der Waals surface area contributed by atoms with Crippen LogP contribution in [0.3, 0.4) is 0 Å². The molecular formula is C17H21FN4O2S. The molecule has 1 aliphatic rings. The van der Waals surface area contributed by atoms with Gasteiger partial charge in [0.1, 0.15) is 11.6 Å². The lowest BCUT2D eigenvalue weighted by Gasteiger charge is -2.27. The Balaban J connectivity index is 1.86. The summed E-state index contributed by atoms with van der Waals surface area (Å²) in [6.07, 6.45) is 0.591. The average molecular weight is 364 g/mol. The molecule has 134 valence electrons. The van der Waals surface area contributed by atoms with Gasteiger partial charge in [0.25, 0.3) is 0 Å². The van der Waals surface area contributed by atoms with Crippen LogP contribution in [0.1, 0.15) is 19.0 Å². The fourth-order valence-corrected chi connectivity index (χ4v) is 4.74. The summed E-state index contributed by atoms with van der Waals surface area (Å²) >= 11 is 0. The summed E-state index contributed by atoms with van der Waals surface area (Å²) in [6.45, 7) is 4.45. The number of aryl methyl sites for hydroxylation is 1. The van der Waals surface area contributed by atoms with Crippen molar-refractivity contribution in [1.82, 2.24) is 9.97 Å². The summed E-state index contributed by atoms with van der Waals surface area (Å²) in [4.78, 5) is 10.9. The third kappa shape index (κ3) is 4.25. The Morgan fingerprint density at radius 1 is 1.28 bits per heavy atom. The van der Waals surface area contributed by atoms with Gasteiger partial charge in [-0.25, -0.2) is 17.8 Å². The van der Waals surface area contributed by atoms with Crippen LogP contribution in [0, 0.1) is 12.7 Å². The number of anilines is 3. The van der Waals surface area contributed by atoms with Crippen LogP contribution in [0.25, 0.3) is 0 Å². The van der Waals surface area contributed by atoms with Crippen LogP contribution in [0.2, 0.25) is 0 Å². The highest BCUT2D eigenvalue weighted by Gasteiger charge is 2.33. The summed E-state index contributed by atoms with van der Waals surface area (Å²) < 4.78 is 36.6. The first-order valence-corrected chi connectivity index (χ1v) is 10.0. The molecule has 1 unspecified atom stereocenters. The van der Waals surface area contributed by atoms with Crippen LogP contribution in [0.4, 0.5) is 21.8 Å². The second-order valence-electron chi connectivity index (χ2n) is 6.17. The third-order valence-corrected chi connectivity index (χ3v) is 5.96. The first-order chi connectivity index (χ1) is 11.9. The van der Waals surface area contributed by atoms with Gasteiger partial charge in [-0.3, -0.25) is 0 Å². The number of aromatic nitrogens is 2. The van der Waals surface area contributed by atoms with Gasteiger partial charge in [0.15, 0.2) is 9.84 Å². The SMILES string of the molecule is CCN(c1nc(C)cc(Nc2ccc(F)cc2)n1)C1CCS(=O)(=O)C1. The fraction of sp³-hybridized carbons (Fsp3) is 0.412. The minimum Gasteiger partial charge on any atom is -0.340 e. The molecule has 1 atom stereocenters. The van der Waals surface area contributed by atoms with Crippen molar-refractivity contribution in [2.45, 2.75) is 26.3 Å². The van der Waals surface area contributed by atoms with E-state index in [1.807, 2.05) is 18.7 Å². The van der Waals surface area contributed by atoms with Crippen molar-refractivity contribution < 1.29 is 12.8 Å². The predicted molar refractivity (Wildman–Crippen MR) is 96.5 cm³/mol. The number of nitrogens with zero attached hydrogens (tertiary/aromatic N) is 3. The van der Waals surface area contributed by atoms with Crippen molar-refractivity contribution in [3.8, 4) is 0 Å². The Labute approximate surface area is 147 Å². The van der Waals surface area contributed by atoms with Gasteiger partial charge >= 0.3 is 0 Å². The minimum absolute atomic E-state index is 0.101. The van der Waals surface area contributed by atoms with E-state index in [2.05, 4.69) is 15.3 Å². The van der Waals surface area contributed by atoms with Gasteiger partial charge in [0.2, 0.25) is 5.95 Å². The molecule has 0 amide bonds. The first kappa shape index (κ1) is 17.6.